The molecule has 0 bridgehead atoms. The van der Waals surface area contributed by atoms with Crippen molar-refractivity contribution in [2.75, 3.05) is 4.72 Å². The summed E-state index contributed by atoms with van der Waals surface area (Å²) in [7, 11) is -2.74. The second-order valence-electron chi connectivity index (χ2n) is 7.32. The third-order valence-electron chi connectivity index (χ3n) is 5.08. The van der Waals surface area contributed by atoms with Gasteiger partial charge in [-0.2, -0.15) is 5.10 Å². The van der Waals surface area contributed by atoms with E-state index in [0.717, 1.165) is 18.5 Å². The Morgan fingerprint density at radius 3 is 2.69 bits per heavy atom. The van der Waals surface area contributed by atoms with Gasteiger partial charge in [0.25, 0.3) is 15.9 Å². The fourth-order valence-electron chi connectivity index (χ4n) is 3.65. The molecule has 1 fully saturated rings. The maximum absolute atomic E-state index is 14.7. The van der Waals surface area contributed by atoms with Gasteiger partial charge in [-0.05, 0) is 18.2 Å². The minimum atomic E-state index is -4.37. The number of nitrogens with one attached hydrogen (secondary N) is 1. The lowest BCUT2D eigenvalue weighted by molar-refractivity contribution is -0.00138. The Balaban J connectivity index is 1.61. The summed E-state index contributed by atoms with van der Waals surface area (Å²) in [5.41, 5.74) is 0.539. The van der Waals surface area contributed by atoms with Crippen LogP contribution in [-0.2, 0) is 17.1 Å². The number of rotatable bonds is 6. The van der Waals surface area contributed by atoms with E-state index < -0.39 is 51.5 Å². The molecule has 2 heterocycles. The summed E-state index contributed by atoms with van der Waals surface area (Å²) >= 11 is 6.15. The first-order valence-electron chi connectivity index (χ1n) is 9.36. The highest BCUT2D eigenvalue weighted by Crippen LogP contribution is 2.46. The van der Waals surface area contributed by atoms with E-state index in [1.165, 1.54) is 23.1 Å². The van der Waals surface area contributed by atoms with Crippen LogP contribution < -0.4 is 9.46 Å². The Labute approximate surface area is 186 Å². The Bertz CT molecular complexity index is 1240. The molecule has 1 N–H and O–H groups in total. The van der Waals surface area contributed by atoms with Gasteiger partial charge in [0.15, 0.2) is 0 Å². The highest BCUT2D eigenvalue weighted by molar-refractivity contribution is 7.92. The smallest absolute Gasteiger partial charge is 0.266 e. The van der Waals surface area contributed by atoms with Crippen molar-refractivity contribution in [1.29, 1.82) is 0 Å². The first kappa shape index (κ1) is 22.3. The number of aromatic nitrogens is 4. The van der Waals surface area contributed by atoms with Gasteiger partial charge < -0.3 is 4.74 Å². The van der Waals surface area contributed by atoms with E-state index in [4.69, 9.17) is 16.3 Å². The highest BCUT2D eigenvalue weighted by atomic mass is 35.5. The zero-order chi connectivity index (χ0) is 23.1. The average Bonchev–Trinajstić information content (AvgIpc) is 3.26. The molecule has 13 heteroatoms. The van der Waals surface area contributed by atoms with E-state index in [2.05, 4.69) is 19.8 Å². The molecular weight excluding hydrogens is 471 g/mol. The van der Waals surface area contributed by atoms with E-state index in [0.29, 0.717) is 5.69 Å². The molecule has 0 aliphatic heterocycles. The number of sulfonamides is 1. The van der Waals surface area contributed by atoms with Crippen molar-refractivity contribution in [2.45, 2.75) is 35.7 Å². The Morgan fingerprint density at radius 1 is 1.25 bits per heavy atom. The standard InChI is InChI=1S/C19H17ClF3N5O3S/c1-28-14(2-5-26-28)11-8-19(22,23)9-16(11)31-15-7-13(21)17(6-12(15)20)32(29,30)27-18-3-4-24-10-25-18/h2-7,10-11,16H,8-9H2,1H3,(H,24,25,27)/t11-,16+/m1/s1. The average molecular weight is 488 g/mol. The van der Waals surface area contributed by atoms with Gasteiger partial charge in [-0.1, -0.05) is 11.6 Å². The van der Waals surface area contributed by atoms with Gasteiger partial charge in [-0.15, -0.1) is 0 Å². The number of halogens is 4. The predicted octanol–water partition coefficient (Wildman–Crippen LogP) is 3.76. The molecule has 1 aromatic carbocycles. The number of aryl methyl sites for hydroxylation is 1. The second-order valence-corrected chi connectivity index (χ2v) is 9.38. The van der Waals surface area contributed by atoms with E-state index in [1.54, 1.807) is 13.1 Å². The fraction of sp³-hybridized carbons (Fsp3) is 0.316. The molecular formula is C19H17ClF3N5O3S. The molecule has 3 aromatic rings. The maximum Gasteiger partial charge on any atom is 0.266 e. The molecule has 2 aromatic heterocycles. The van der Waals surface area contributed by atoms with Gasteiger partial charge in [0, 0.05) is 50.0 Å². The first-order valence-corrected chi connectivity index (χ1v) is 11.2. The predicted molar refractivity (Wildman–Crippen MR) is 109 cm³/mol. The molecule has 170 valence electrons. The molecule has 0 spiro atoms. The maximum atomic E-state index is 14.7. The van der Waals surface area contributed by atoms with Gasteiger partial charge in [0.1, 0.15) is 34.7 Å². The summed E-state index contributed by atoms with van der Waals surface area (Å²) in [6.45, 7) is 0. The third kappa shape index (κ3) is 4.51. The van der Waals surface area contributed by atoms with Gasteiger partial charge in [-0.3, -0.25) is 9.40 Å². The van der Waals surface area contributed by atoms with Crippen molar-refractivity contribution in [3.8, 4) is 5.75 Å². The summed E-state index contributed by atoms with van der Waals surface area (Å²) in [4.78, 5) is 6.64. The summed E-state index contributed by atoms with van der Waals surface area (Å²) < 4.78 is 77.4. The normalized spacial score (nSPS) is 20.3. The second kappa shape index (κ2) is 8.24. The van der Waals surface area contributed by atoms with Crippen molar-refractivity contribution in [3.63, 3.8) is 0 Å². The molecule has 32 heavy (non-hydrogen) atoms. The fourth-order valence-corrected chi connectivity index (χ4v) is 5.02. The lowest BCUT2D eigenvalue weighted by Crippen LogP contribution is -2.23. The molecule has 8 nitrogen and oxygen atoms in total. The van der Waals surface area contributed by atoms with Gasteiger partial charge >= 0.3 is 0 Å². The number of hydrogen-bond acceptors (Lipinski definition) is 6. The van der Waals surface area contributed by atoms with Crippen molar-refractivity contribution in [1.82, 2.24) is 19.7 Å². The molecule has 0 amide bonds. The lowest BCUT2D eigenvalue weighted by atomic mass is 10.0. The molecule has 0 radical (unpaired) electrons. The van der Waals surface area contributed by atoms with Crippen LogP contribution in [0.3, 0.4) is 0 Å². The van der Waals surface area contributed by atoms with Gasteiger partial charge in [0.05, 0.1) is 5.02 Å². The molecule has 1 aliphatic carbocycles. The van der Waals surface area contributed by atoms with Crippen LogP contribution in [0.15, 0.2) is 47.9 Å². The number of alkyl halides is 2. The van der Waals surface area contributed by atoms with Gasteiger partial charge in [-0.25, -0.2) is 31.6 Å². The van der Waals surface area contributed by atoms with Crippen molar-refractivity contribution in [3.05, 3.63) is 59.5 Å². The Hall–Kier alpha value is -2.86. The Morgan fingerprint density at radius 2 is 2.03 bits per heavy atom. The molecule has 2 atom stereocenters. The minimum Gasteiger partial charge on any atom is -0.488 e. The number of ether oxygens (including phenoxy) is 1. The first-order chi connectivity index (χ1) is 15.1. The summed E-state index contributed by atoms with van der Waals surface area (Å²) in [6, 6.07) is 4.53. The molecule has 1 saturated carbocycles. The zero-order valence-corrected chi connectivity index (χ0v) is 18.1. The lowest BCUT2D eigenvalue weighted by Gasteiger charge is -2.22. The molecule has 4 rings (SSSR count). The molecule has 1 aliphatic rings. The van der Waals surface area contributed by atoms with Crippen molar-refractivity contribution in [2.24, 2.45) is 7.05 Å². The number of benzene rings is 1. The summed E-state index contributed by atoms with van der Waals surface area (Å²) in [6.07, 6.45) is 1.83. The molecule has 0 unspecified atom stereocenters. The van der Waals surface area contributed by atoms with Crippen molar-refractivity contribution >= 4 is 27.4 Å². The van der Waals surface area contributed by atoms with E-state index >= 15 is 0 Å². The van der Waals surface area contributed by atoms with Crippen molar-refractivity contribution < 1.29 is 26.3 Å². The van der Waals surface area contributed by atoms with Crippen LogP contribution in [0.4, 0.5) is 19.0 Å². The van der Waals surface area contributed by atoms with Crippen LogP contribution in [0.2, 0.25) is 5.02 Å². The SMILES string of the molecule is Cn1nccc1[C@H]1CC(F)(F)C[C@@H]1Oc1cc(F)c(S(=O)(=O)Nc2ccncn2)cc1Cl. The van der Waals surface area contributed by atoms with E-state index in [-0.39, 0.29) is 16.6 Å². The zero-order valence-electron chi connectivity index (χ0n) is 16.5. The molecule has 0 saturated heterocycles. The van der Waals surface area contributed by atoms with Crippen LogP contribution in [0.5, 0.6) is 5.75 Å². The third-order valence-corrected chi connectivity index (χ3v) is 6.75. The number of nitrogens with zero attached hydrogens (tertiary/aromatic N) is 4. The van der Waals surface area contributed by atoms with Crippen LogP contribution in [-0.4, -0.2) is 40.2 Å². The Kier molecular flexibility index (Phi) is 5.76. The quantitative estimate of drug-likeness (QED) is 0.568. The van der Waals surface area contributed by atoms with E-state index in [9.17, 15) is 21.6 Å². The highest BCUT2D eigenvalue weighted by Gasteiger charge is 2.49. The van der Waals surface area contributed by atoms with E-state index in [1.807, 2.05) is 0 Å². The topological polar surface area (TPSA) is 99.0 Å². The monoisotopic (exact) mass is 487 g/mol. The number of anilines is 1. The van der Waals surface area contributed by atoms with Crippen LogP contribution in [0.1, 0.15) is 24.5 Å². The van der Waals surface area contributed by atoms with Crippen LogP contribution >= 0.6 is 11.6 Å². The summed E-state index contributed by atoms with van der Waals surface area (Å²) in [5.74, 6) is -5.16. The minimum absolute atomic E-state index is 0.0666. The van der Waals surface area contributed by atoms with Gasteiger partial charge in [0.2, 0.25) is 0 Å². The van der Waals surface area contributed by atoms with Crippen LogP contribution in [0, 0.1) is 5.82 Å². The largest absolute Gasteiger partial charge is 0.488 e. The number of hydrogen-bond donors (Lipinski definition) is 1. The summed E-state index contributed by atoms with van der Waals surface area (Å²) in [5, 5.41) is 3.76. The van der Waals surface area contributed by atoms with Crippen LogP contribution in [0.25, 0.3) is 0 Å².